The molecule has 1 unspecified atom stereocenters. The summed E-state index contributed by atoms with van der Waals surface area (Å²) in [7, 11) is 0. The van der Waals surface area contributed by atoms with Crippen LogP contribution in [0.3, 0.4) is 0 Å². The molecule has 1 atom stereocenters. The van der Waals surface area contributed by atoms with Crippen LogP contribution in [0.15, 0.2) is 24.3 Å². The number of halogens is 1. The van der Waals surface area contributed by atoms with Gasteiger partial charge in [-0.2, -0.15) is 0 Å². The minimum absolute atomic E-state index is 0.0553. The maximum Gasteiger partial charge on any atom is 0.237 e. The van der Waals surface area contributed by atoms with E-state index >= 15 is 0 Å². The average molecular weight is 262 g/mol. The van der Waals surface area contributed by atoms with Gasteiger partial charge in [0.25, 0.3) is 0 Å². The Bertz CT molecular complexity index is 471. The lowest BCUT2D eigenvalue weighted by Crippen LogP contribution is -2.54. The van der Waals surface area contributed by atoms with Gasteiger partial charge in [0.2, 0.25) is 5.91 Å². The second-order valence-electron chi connectivity index (χ2n) is 5.54. The van der Waals surface area contributed by atoms with Gasteiger partial charge >= 0.3 is 0 Å². The van der Waals surface area contributed by atoms with Gasteiger partial charge in [0, 0.05) is 12.6 Å². The molecule has 1 aliphatic carbocycles. The molecule has 1 aromatic carbocycles. The highest BCUT2D eigenvalue weighted by Gasteiger charge is 2.34. The number of amides is 1. The quantitative estimate of drug-likeness (QED) is 0.874. The summed E-state index contributed by atoms with van der Waals surface area (Å²) in [6, 6.07) is 7.28. The third-order valence-corrected chi connectivity index (χ3v) is 4.21. The molecule has 0 spiro atoms. The van der Waals surface area contributed by atoms with E-state index in [1.807, 2.05) is 12.1 Å². The summed E-state index contributed by atoms with van der Waals surface area (Å²) in [6.45, 7) is 0.791. The Morgan fingerprint density at radius 1 is 1.26 bits per heavy atom. The van der Waals surface area contributed by atoms with Crippen molar-refractivity contribution in [2.24, 2.45) is 0 Å². The maximum absolute atomic E-state index is 13.6. The van der Waals surface area contributed by atoms with Crippen LogP contribution in [0.4, 0.5) is 4.39 Å². The smallest absolute Gasteiger partial charge is 0.237 e. The molecule has 3 rings (SSSR count). The highest BCUT2D eigenvalue weighted by Crippen LogP contribution is 2.38. The molecule has 1 aliphatic heterocycles. The van der Waals surface area contributed by atoms with E-state index in [0.29, 0.717) is 12.0 Å². The molecule has 3 nitrogen and oxygen atoms in total. The van der Waals surface area contributed by atoms with E-state index in [0.717, 1.165) is 37.8 Å². The van der Waals surface area contributed by atoms with Crippen LogP contribution in [0.25, 0.3) is 0 Å². The van der Waals surface area contributed by atoms with Gasteiger partial charge in [0.1, 0.15) is 5.82 Å². The van der Waals surface area contributed by atoms with Gasteiger partial charge in [-0.05, 0) is 43.2 Å². The summed E-state index contributed by atoms with van der Waals surface area (Å²) in [5.74, 6) is 0.298. The number of carbonyl (C=O) groups is 1. The van der Waals surface area contributed by atoms with Crippen molar-refractivity contribution in [3.8, 4) is 0 Å². The molecule has 0 aromatic heterocycles. The summed E-state index contributed by atoms with van der Waals surface area (Å²) in [5, 5.41) is 6.27. The van der Waals surface area contributed by atoms with E-state index in [9.17, 15) is 9.18 Å². The third kappa shape index (κ3) is 2.63. The van der Waals surface area contributed by atoms with Gasteiger partial charge in [-0.25, -0.2) is 4.39 Å². The Morgan fingerprint density at radius 2 is 2.05 bits per heavy atom. The van der Waals surface area contributed by atoms with Crippen LogP contribution in [-0.4, -0.2) is 24.5 Å². The molecule has 0 bridgehead atoms. The maximum atomic E-state index is 13.6. The summed E-state index contributed by atoms with van der Waals surface area (Å²) >= 11 is 0. The van der Waals surface area contributed by atoms with Crippen LogP contribution in [0, 0.1) is 5.82 Å². The lowest BCUT2D eigenvalue weighted by Gasteiger charge is -2.39. The first-order valence-electron chi connectivity index (χ1n) is 7.02. The normalized spacial score (nSPS) is 30.6. The average Bonchev–Trinajstić information content (AvgIpc) is 2.37. The summed E-state index contributed by atoms with van der Waals surface area (Å²) in [4.78, 5) is 11.6. The summed E-state index contributed by atoms with van der Waals surface area (Å²) < 4.78 is 13.6. The molecule has 4 heteroatoms. The second-order valence-corrected chi connectivity index (χ2v) is 5.54. The zero-order valence-corrected chi connectivity index (χ0v) is 10.9. The Balaban J connectivity index is 1.53. The zero-order valence-electron chi connectivity index (χ0n) is 10.9. The zero-order chi connectivity index (χ0) is 13.2. The molecule has 1 aromatic rings. The van der Waals surface area contributed by atoms with E-state index in [4.69, 9.17) is 0 Å². The fraction of sp³-hybridized carbons (Fsp3) is 0.533. The van der Waals surface area contributed by atoms with Crippen molar-refractivity contribution in [1.82, 2.24) is 10.6 Å². The van der Waals surface area contributed by atoms with E-state index in [-0.39, 0.29) is 17.8 Å². The molecular formula is C15H19FN2O. The fourth-order valence-corrected chi connectivity index (χ4v) is 3.03. The molecule has 102 valence electrons. The monoisotopic (exact) mass is 262 g/mol. The number of nitrogens with one attached hydrogen (secondary N) is 2. The third-order valence-electron chi connectivity index (χ3n) is 4.21. The van der Waals surface area contributed by atoms with Gasteiger partial charge in [-0.1, -0.05) is 18.2 Å². The van der Waals surface area contributed by atoms with Gasteiger partial charge in [0.15, 0.2) is 0 Å². The van der Waals surface area contributed by atoms with Crippen molar-refractivity contribution in [2.45, 2.75) is 43.7 Å². The van der Waals surface area contributed by atoms with E-state index in [1.54, 1.807) is 6.07 Å². The first-order chi connectivity index (χ1) is 9.24. The SMILES string of the molecule is O=C1NCCCC1NC1CC(c2ccccc2F)C1. The number of carbonyl (C=O) groups excluding carboxylic acids is 1. The van der Waals surface area contributed by atoms with Crippen molar-refractivity contribution in [3.05, 3.63) is 35.6 Å². The van der Waals surface area contributed by atoms with Crippen molar-refractivity contribution in [2.75, 3.05) is 6.54 Å². The largest absolute Gasteiger partial charge is 0.355 e. The van der Waals surface area contributed by atoms with Crippen molar-refractivity contribution in [3.63, 3.8) is 0 Å². The highest BCUT2D eigenvalue weighted by atomic mass is 19.1. The lowest BCUT2D eigenvalue weighted by atomic mass is 9.75. The second kappa shape index (κ2) is 5.29. The van der Waals surface area contributed by atoms with Gasteiger partial charge in [0.05, 0.1) is 6.04 Å². The van der Waals surface area contributed by atoms with Crippen LogP contribution in [0.2, 0.25) is 0 Å². The van der Waals surface area contributed by atoms with Gasteiger partial charge < -0.3 is 10.6 Å². The number of rotatable bonds is 3. The Kier molecular flexibility index (Phi) is 3.51. The Morgan fingerprint density at radius 3 is 2.79 bits per heavy atom. The molecule has 19 heavy (non-hydrogen) atoms. The minimum Gasteiger partial charge on any atom is -0.355 e. The molecule has 2 aliphatic rings. The van der Waals surface area contributed by atoms with Crippen LogP contribution in [-0.2, 0) is 4.79 Å². The van der Waals surface area contributed by atoms with Crippen LogP contribution >= 0.6 is 0 Å². The van der Waals surface area contributed by atoms with Crippen LogP contribution in [0.5, 0.6) is 0 Å². The lowest BCUT2D eigenvalue weighted by molar-refractivity contribution is -0.124. The summed E-state index contributed by atoms with van der Waals surface area (Å²) in [5.41, 5.74) is 0.814. The Hall–Kier alpha value is -1.42. The highest BCUT2D eigenvalue weighted by molar-refractivity contribution is 5.82. The fourth-order valence-electron chi connectivity index (χ4n) is 3.03. The number of hydrogen-bond acceptors (Lipinski definition) is 2. The molecule has 1 heterocycles. The molecular weight excluding hydrogens is 243 g/mol. The minimum atomic E-state index is -0.110. The summed E-state index contributed by atoms with van der Waals surface area (Å²) in [6.07, 6.45) is 3.79. The number of piperidine rings is 1. The van der Waals surface area contributed by atoms with Crippen molar-refractivity contribution >= 4 is 5.91 Å². The Labute approximate surface area is 112 Å². The number of hydrogen-bond donors (Lipinski definition) is 2. The van der Waals surface area contributed by atoms with E-state index in [2.05, 4.69) is 10.6 Å². The first-order valence-corrected chi connectivity index (χ1v) is 7.02. The van der Waals surface area contributed by atoms with Gasteiger partial charge in [-0.3, -0.25) is 4.79 Å². The predicted octanol–water partition coefficient (Wildman–Crippen LogP) is 1.94. The molecule has 2 fully saturated rings. The van der Waals surface area contributed by atoms with Crippen molar-refractivity contribution < 1.29 is 9.18 Å². The first kappa shape index (κ1) is 12.6. The van der Waals surface area contributed by atoms with Crippen molar-refractivity contribution in [1.29, 1.82) is 0 Å². The molecule has 1 saturated carbocycles. The molecule has 2 N–H and O–H groups in total. The molecule has 1 saturated heterocycles. The standard InChI is InChI=1S/C15H19FN2O/c16-13-5-2-1-4-12(13)10-8-11(9-10)18-14-6-3-7-17-15(14)19/h1-2,4-5,10-11,14,18H,3,6-9H2,(H,17,19). The van der Waals surface area contributed by atoms with Crippen LogP contribution in [0.1, 0.15) is 37.2 Å². The number of benzene rings is 1. The van der Waals surface area contributed by atoms with E-state index < -0.39 is 0 Å². The topological polar surface area (TPSA) is 41.1 Å². The molecule has 1 amide bonds. The predicted molar refractivity (Wildman–Crippen MR) is 71.3 cm³/mol. The van der Waals surface area contributed by atoms with Crippen LogP contribution < -0.4 is 10.6 Å². The van der Waals surface area contributed by atoms with Gasteiger partial charge in [-0.15, -0.1) is 0 Å². The van der Waals surface area contributed by atoms with E-state index in [1.165, 1.54) is 6.07 Å². The molecule has 0 radical (unpaired) electrons.